The first-order chi connectivity index (χ1) is 22.6. The van der Waals surface area contributed by atoms with Gasteiger partial charge in [-0.3, -0.25) is 4.55 Å². The Morgan fingerprint density at radius 2 is 1.47 bits per heavy atom. The van der Waals surface area contributed by atoms with Crippen LogP contribution >= 0.6 is 31.9 Å². The van der Waals surface area contributed by atoms with Gasteiger partial charge >= 0.3 is 16.0 Å². The van der Waals surface area contributed by atoms with E-state index in [0.29, 0.717) is 29.3 Å². The predicted molar refractivity (Wildman–Crippen MR) is 195 cm³/mol. The fraction of sp³-hybridized carbons (Fsp3) is 0.216. The molecule has 0 fully saturated rings. The van der Waals surface area contributed by atoms with E-state index in [9.17, 15) is 13.0 Å². The van der Waals surface area contributed by atoms with Crippen molar-refractivity contribution in [1.29, 1.82) is 0 Å². The van der Waals surface area contributed by atoms with Crippen LogP contribution in [0.25, 0.3) is 39.4 Å². The van der Waals surface area contributed by atoms with Crippen molar-refractivity contribution in [3.8, 4) is 28.0 Å². The Morgan fingerprint density at radius 3 is 2.09 bits per heavy atom. The molecule has 0 radical (unpaired) electrons. The fourth-order valence-corrected chi connectivity index (χ4v) is 6.79. The van der Waals surface area contributed by atoms with Gasteiger partial charge < -0.3 is 14.1 Å². The zero-order valence-corrected chi connectivity index (χ0v) is 30.1. The van der Waals surface area contributed by atoms with Crippen molar-refractivity contribution in [3.63, 3.8) is 0 Å². The Morgan fingerprint density at radius 1 is 0.851 bits per heavy atom. The van der Waals surface area contributed by atoms with Crippen molar-refractivity contribution in [2.75, 3.05) is 11.4 Å². The lowest BCUT2D eigenvalue weighted by atomic mass is 10.0. The van der Waals surface area contributed by atoms with Crippen LogP contribution in [-0.2, 0) is 16.0 Å². The average Bonchev–Trinajstić information content (AvgIpc) is 3.56. The predicted octanol–water partition coefficient (Wildman–Crippen LogP) is 10.1. The topological polar surface area (TPSA) is 83.9 Å². The van der Waals surface area contributed by atoms with Crippen molar-refractivity contribution in [2.45, 2.75) is 45.4 Å². The SMILES string of the molecule is CCCCCN1/C(=C\C(=C/c2oc3ccc(-c4ccc(Br)cc4)cc3[n+]2CS(=O)(=O)O)CC)Oc2ccc(-c3ccc(Br)cc3)cc21. The van der Waals surface area contributed by atoms with Crippen molar-refractivity contribution in [2.24, 2.45) is 0 Å². The molecule has 0 amide bonds. The monoisotopic (exact) mass is 777 g/mol. The molecule has 7 nitrogen and oxygen atoms in total. The number of allylic oxidation sites excluding steroid dienone is 2. The highest BCUT2D eigenvalue weighted by Gasteiger charge is 2.29. The molecule has 0 atom stereocenters. The lowest BCUT2D eigenvalue weighted by Gasteiger charge is -2.19. The first kappa shape index (κ1) is 33.2. The minimum Gasteiger partial charge on any atom is -0.439 e. The minimum atomic E-state index is -4.38. The Labute approximate surface area is 292 Å². The molecule has 0 unspecified atom stereocenters. The average molecular weight is 780 g/mol. The molecule has 1 aromatic heterocycles. The summed E-state index contributed by atoms with van der Waals surface area (Å²) >= 11 is 7.00. The molecule has 1 aliphatic heterocycles. The highest BCUT2D eigenvalue weighted by Crippen LogP contribution is 2.42. The molecule has 242 valence electrons. The van der Waals surface area contributed by atoms with Gasteiger partial charge in [0.1, 0.15) is 0 Å². The van der Waals surface area contributed by atoms with Crippen molar-refractivity contribution >= 4 is 64.8 Å². The maximum absolute atomic E-state index is 12.2. The number of hydrogen-bond donors (Lipinski definition) is 1. The third-order valence-electron chi connectivity index (χ3n) is 8.12. The number of nitrogens with zero attached hydrogens (tertiary/aromatic N) is 2. The van der Waals surface area contributed by atoms with Crippen LogP contribution < -0.4 is 14.2 Å². The van der Waals surface area contributed by atoms with Gasteiger partial charge in [0, 0.05) is 27.6 Å². The molecule has 0 saturated carbocycles. The van der Waals surface area contributed by atoms with Crippen molar-refractivity contribution < 1.29 is 26.7 Å². The number of benzene rings is 4. The lowest BCUT2D eigenvalue weighted by Crippen LogP contribution is -2.39. The van der Waals surface area contributed by atoms with Gasteiger partial charge in [-0.1, -0.05) is 94.9 Å². The lowest BCUT2D eigenvalue weighted by molar-refractivity contribution is -0.658. The third kappa shape index (κ3) is 7.73. The quantitative estimate of drug-likeness (QED) is 0.0817. The molecule has 2 heterocycles. The van der Waals surface area contributed by atoms with E-state index < -0.39 is 16.0 Å². The second-order valence-corrected chi connectivity index (χ2v) is 14.7. The van der Waals surface area contributed by atoms with Gasteiger partial charge in [-0.25, -0.2) is 0 Å². The van der Waals surface area contributed by atoms with Crippen LogP contribution in [-0.4, -0.2) is 19.5 Å². The molecule has 47 heavy (non-hydrogen) atoms. The molecule has 1 aliphatic rings. The van der Waals surface area contributed by atoms with E-state index in [4.69, 9.17) is 9.15 Å². The second kappa shape index (κ2) is 14.2. The summed E-state index contributed by atoms with van der Waals surface area (Å²) in [5.74, 6) is 1.15. The summed E-state index contributed by atoms with van der Waals surface area (Å²) in [6, 6.07) is 28.0. The summed E-state index contributed by atoms with van der Waals surface area (Å²) in [5.41, 5.74) is 7.03. The highest BCUT2D eigenvalue weighted by atomic mass is 79.9. The Kier molecular flexibility index (Phi) is 10.0. The van der Waals surface area contributed by atoms with E-state index in [1.165, 1.54) is 4.57 Å². The van der Waals surface area contributed by atoms with Crippen LogP contribution in [0.15, 0.2) is 116 Å². The van der Waals surface area contributed by atoms with Crippen LogP contribution in [0.5, 0.6) is 5.75 Å². The number of ether oxygens (including phenoxy) is 1. The van der Waals surface area contributed by atoms with Crippen LogP contribution in [0.3, 0.4) is 0 Å². The van der Waals surface area contributed by atoms with Crippen molar-refractivity contribution in [3.05, 3.63) is 117 Å². The zero-order chi connectivity index (χ0) is 33.1. The molecule has 1 N–H and O–H groups in total. The number of halogens is 2. The first-order valence-corrected chi connectivity index (χ1v) is 18.8. The summed E-state index contributed by atoms with van der Waals surface area (Å²) in [6.45, 7) is 5.00. The molecule has 6 rings (SSSR count). The number of rotatable bonds is 11. The van der Waals surface area contributed by atoms with Crippen LogP contribution in [0.1, 0.15) is 45.4 Å². The van der Waals surface area contributed by atoms with Crippen LogP contribution in [0.4, 0.5) is 5.69 Å². The van der Waals surface area contributed by atoms with E-state index in [0.717, 1.165) is 74.0 Å². The molecule has 0 spiro atoms. The van der Waals surface area contributed by atoms with Gasteiger partial charge in [0.15, 0.2) is 5.75 Å². The number of fused-ring (bicyclic) bond motifs is 2. The molecule has 0 bridgehead atoms. The van der Waals surface area contributed by atoms with Crippen molar-refractivity contribution in [1.82, 2.24) is 0 Å². The van der Waals surface area contributed by atoms with Gasteiger partial charge in [-0.15, -0.1) is 4.57 Å². The zero-order valence-electron chi connectivity index (χ0n) is 26.1. The summed E-state index contributed by atoms with van der Waals surface area (Å²) in [6.07, 6.45) is 7.64. The summed E-state index contributed by atoms with van der Waals surface area (Å²) < 4.78 is 50.4. The Bertz CT molecular complexity index is 2090. The molecule has 4 aromatic carbocycles. The summed E-state index contributed by atoms with van der Waals surface area (Å²) in [7, 11) is -4.38. The Hall–Kier alpha value is -3.70. The molecule has 5 aromatic rings. The van der Waals surface area contributed by atoms with E-state index in [1.807, 2.05) is 79.7 Å². The Balaban J connectivity index is 1.40. The van der Waals surface area contributed by atoms with Gasteiger partial charge in [0.2, 0.25) is 11.5 Å². The number of aromatic nitrogens is 1. The largest absolute Gasteiger partial charge is 0.439 e. The molecule has 0 aliphatic carbocycles. The smallest absolute Gasteiger partial charge is 0.375 e. The number of anilines is 1. The highest BCUT2D eigenvalue weighted by molar-refractivity contribution is 9.10. The third-order valence-corrected chi connectivity index (χ3v) is 9.76. The normalized spacial score (nSPS) is 14.2. The van der Waals surface area contributed by atoms with Gasteiger partial charge in [0.05, 0.1) is 11.8 Å². The molecular formula is C37H35Br2N2O5S+. The minimum absolute atomic E-state index is 0.310. The number of unbranched alkanes of at least 4 members (excludes halogenated alkanes) is 2. The summed E-state index contributed by atoms with van der Waals surface area (Å²) in [5, 5.41) is 0. The van der Waals surface area contributed by atoms with Crippen LogP contribution in [0, 0.1) is 0 Å². The van der Waals surface area contributed by atoms with E-state index in [2.05, 4.69) is 67.9 Å². The molecule has 0 saturated heterocycles. The van der Waals surface area contributed by atoms with Gasteiger partial charge in [-0.2, -0.15) is 8.42 Å². The number of oxazole rings is 1. The molecular weight excluding hydrogens is 744 g/mol. The standard InChI is InChI=1S/C37H34Br2N2O5S/c1-3-5-6-19-40-32-22-28(26-7-13-30(38)14-8-26)11-17-34(32)45-36(40)20-25(4-2)21-37-41(24-47(42,43)44)33-23-29(12-18-35(33)46-37)27-9-15-31(39)16-10-27/h7-18,20-23H,3-6,19,24H2,1-2H3/p+1. The van der Waals surface area contributed by atoms with Gasteiger partial charge in [-0.05, 0) is 83.1 Å². The first-order valence-electron chi connectivity index (χ1n) is 15.6. The van der Waals surface area contributed by atoms with E-state index in [-0.39, 0.29) is 0 Å². The van der Waals surface area contributed by atoms with Crippen LogP contribution in [0.2, 0.25) is 0 Å². The summed E-state index contributed by atoms with van der Waals surface area (Å²) in [4.78, 5) is 2.21. The number of hydrogen-bond acceptors (Lipinski definition) is 5. The molecule has 10 heteroatoms. The van der Waals surface area contributed by atoms with Gasteiger partial charge in [0.25, 0.3) is 11.4 Å². The maximum atomic E-state index is 12.2. The van der Waals surface area contributed by atoms with E-state index >= 15 is 0 Å². The maximum Gasteiger partial charge on any atom is 0.375 e. The van der Waals surface area contributed by atoms with E-state index in [1.54, 1.807) is 0 Å². The fourth-order valence-electron chi connectivity index (χ4n) is 5.67. The second-order valence-electron chi connectivity index (χ2n) is 11.5.